The number of hydrogen-bond donors (Lipinski definition) is 2. The molecule has 0 aliphatic rings. The molecule has 1 heterocycles. The second-order valence-electron chi connectivity index (χ2n) is 4.07. The third kappa shape index (κ3) is 3.42. The molecule has 0 atom stereocenters. The molecule has 0 aliphatic heterocycles. The highest BCUT2D eigenvalue weighted by atomic mass is 16.3. The van der Waals surface area contributed by atoms with Crippen LogP contribution in [-0.2, 0) is 0 Å². The minimum absolute atomic E-state index is 0.108. The van der Waals surface area contributed by atoms with Crippen LogP contribution in [0.5, 0.6) is 5.75 Å². The zero-order valence-corrected chi connectivity index (χ0v) is 10.5. The van der Waals surface area contributed by atoms with Crippen LogP contribution in [0.4, 0.5) is 5.69 Å². The number of aromatic hydroxyl groups is 1. The Balaban J connectivity index is 2.12. The highest BCUT2D eigenvalue weighted by Gasteiger charge is 2.04. The molecule has 0 unspecified atom stereocenters. The molecule has 0 bridgehead atoms. The van der Waals surface area contributed by atoms with Crippen molar-refractivity contribution in [3.05, 3.63) is 66.1 Å². The van der Waals surface area contributed by atoms with E-state index in [9.17, 15) is 9.90 Å². The molecular weight excluding hydrogens is 240 g/mol. The summed E-state index contributed by atoms with van der Waals surface area (Å²) < 4.78 is 0. The Hall–Kier alpha value is -2.62. The fraction of sp³-hybridized carbons (Fsp3) is 0.0667. The molecule has 96 valence electrons. The number of carbonyl (C=O) groups excluding carboxylic acids is 1. The van der Waals surface area contributed by atoms with Gasteiger partial charge in [-0.1, -0.05) is 12.1 Å². The van der Waals surface area contributed by atoms with Crippen LogP contribution in [-0.4, -0.2) is 15.9 Å². The van der Waals surface area contributed by atoms with E-state index in [1.54, 1.807) is 55.7 Å². The number of allylic oxidation sites excluding steroid dienone is 2. The van der Waals surface area contributed by atoms with Gasteiger partial charge in [0.05, 0.1) is 5.69 Å². The average molecular weight is 254 g/mol. The van der Waals surface area contributed by atoms with E-state index in [1.165, 1.54) is 6.08 Å². The standard InChI is InChI=1S/C15H14N2O2/c1-11(17-13-4-2-3-5-14(13)18)10-15(19)12-6-8-16-9-7-12/h2-10,17-18H,1H3. The Kier molecular flexibility index (Phi) is 3.93. The summed E-state index contributed by atoms with van der Waals surface area (Å²) in [5.41, 5.74) is 1.80. The minimum atomic E-state index is -0.108. The molecule has 0 saturated carbocycles. The Labute approximate surface area is 111 Å². The van der Waals surface area contributed by atoms with E-state index >= 15 is 0 Å². The highest BCUT2D eigenvalue weighted by Crippen LogP contribution is 2.23. The van der Waals surface area contributed by atoms with Gasteiger partial charge in [0.1, 0.15) is 5.75 Å². The molecule has 0 fully saturated rings. The smallest absolute Gasteiger partial charge is 0.187 e. The molecule has 0 saturated heterocycles. The average Bonchev–Trinajstić information content (AvgIpc) is 2.42. The summed E-state index contributed by atoms with van der Waals surface area (Å²) in [7, 11) is 0. The number of anilines is 1. The van der Waals surface area contributed by atoms with Crippen LogP contribution >= 0.6 is 0 Å². The summed E-state index contributed by atoms with van der Waals surface area (Å²) in [6, 6.07) is 10.2. The first-order chi connectivity index (χ1) is 9.16. The van der Waals surface area contributed by atoms with Crippen LogP contribution in [0.3, 0.4) is 0 Å². The number of phenols is 1. The van der Waals surface area contributed by atoms with Crippen molar-refractivity contribution in [3.8, 4) is 5.75 Å². The molecule has 4 heteroatoms. The lowest BCUT2D eigenvalue weighted by molar-refractivity contribution is 0.104. The molecule has 2 N–H and O–H groups in total. The zero-order valence-electron chi connectivity index (χ0n) is 10.5. The Bertz CT molecular complexity index is 607. The van der Waals surface area contributed by atoms with Crippen molar-refractivity contribution in [1.82, 2.24) is 4.98 Å². The van der Waals surface area contributed by atoms with Gasteiger partial charge in [0.25, 0.3) is 0 Å². The molecule has 0 aliphatic carbocycles. The fourth-order valence-electron chi connectivity index (χ4n) is 1.62. The summed E-state index contributed by atoms with van der Waals surface area (Å²) in [5, 5.41) is 12.6. The van der Waals surface area contributed by atoms with Crippen LogP contribution in [0.25, 0.3) is 0 Å². The molecule has 2 aromatic rings. The lowest BCUT2D eigenvalue weighted by Crippen LogP contribution is -2.01. The number of rotatable bonds is 4. The number of benzene rings is 1. The summed E-state index contributed by atoms with van der Waals surface area (Å²) in [4.78, 5) is 15.8. The van der Waals surface area contributed by atoms with Gasteiger partial charge in [0.2, 0.25) is 0 Å². The maximum absolute atomic E-state index is 11.9. The van der Waals surface area contributed by atoms with Crippen molar-refractivity contribution < 1.29 is 9.90 Å². The van der Waals surface area contributed by atoms with Gasteiger partial charge in [-0.15, -0.1) is 0 Å². The van der Waals surface area contributed by atoms with Gasteiger partial charge in [0, 0.05) is 29.7 Å². The number of nitrogens with zero attached hydrogens (tertiary/aromatic N) is 1. The molecule has 4 nitrogen and oxygen atoms in total. The molecule has 0 spiro atoms. The van der Waals surface area contributed by atoms with Gasteiger partial charge in [0.15, 0.2) is 5.78 Å². The number of para-hydroxylation sites is 2. The Morgan fingerprint density at radius 3 is 2.58 bits per heavy atom. The molecule has 1 aromatic heterocycles. The van der Waals surface area contributed by atoms with Crippen molar-refractivity contribution in [1.29, 1.82) is 0 Å². The monoisotopic (exact) mass is 254 g/mol. The molecular formula is C15H14N2O2. The second kappa shape index (κ2) is 5.82. The van der Waals surface area contributed by atoms with Crippen molar-refractivity contribution in [2.75, 3.05) is 5.32 Å². The number of aromatic nitrogens is 1. The first-order valence-corrected chi connectivity index (χ1v) is 5.84. The Morgan fingerprint density at radius 2 is 1.89 bits per heavy atom. The fourth-order valence-corrected chi connectivity index (χ4v) is 1.62. The SMILES string of the molecule is CC(=CC(=O)c1ccncc1)Nc1ccccc1O. The van der Waals surface area contributed by atoms with E-state index in [-0.39, 0.29) is 11.5 Å². The van der Waals surface area contributed by atoms with Crippen LogP contribution in [0.2, 0.25) is 0 Å². The topological polar surface area (TPSA) is 62.2 Å². The second-order valence-corrected chi connectivity index (χ2v) is 4.07. The van der Waals surface area contributed by atoms with Gasteiger partial charge < -0.3 is 10.4 Å². The van der Waals surface area contributed by atoms with Gasteiger partial charge in [-0.2, -0.15) is 0 Å². The van der Waals surface area contributed by atoms with Crippen LogP contribution in [0.1, 0.15) is 17.3 Å². The van der Waals surface area contributed by atoms with Gasteiger partial charge in [-0.05, 0) is 31.2 Å². The molecule has 1 aromatic carbocycles. The maximum Gasteiger partial charge on any atom is 0.187 e. The highest BCUT2D eigenvalue weighted by molar-refractivity contribution is 6.05. The first kappa shape index (κ1) is 12.8. The van der Waals surface area contributed by atoms with E-state index in [0.29, 0.717) is 16.9 Å². The minimum Gasteiger partial charge on any atom is -0.506 e. The summed E-state index contributed by atoms with van der Waals surface area (Å²) in [5.74, 6) is 0.0365. The number of phenolic OH excluding ortho intramolecular Hbond substituents is 1. The predicted octanol–water partition coefficient (Wildman–Crippen LogP) is 2.99. The largest absolute Gasteiger partial charge is 0.506 e. The van der Waals surface area contributed by atoms with Crippen molar-refractivity contribution in [2.45, 2.75) is 6.92 Å². The maximum atomic E-state index is 11.9. The van der Waals surface area contributed by atoms with Crippen molar-refractivity contribution in [2.24, 2.45) is 0 Å². The van der Waals surface area contributed by atoms with Crippen molar-refractivity contribution >= 4 is 11.5 Å². The third-order valence-electron chi connectivity index (χ3n) is 2.55. The quantitative estimate of drug-likeness (QED) is 0.500. The first-order valence-electron chi connectivity index (χ1n) is 5.84. The van der Waals surface area contributed by atoms with Crippen LogP contribution in [0.15, 0.2) is 60.6 Å². The lowest BCUT2D eigenvalue weighted by atomic mass is 10.1. The summed E-state index contributed by atoms with van der Waals surface area (Å²) in [6.07, 6.45) is 4.64. The normalized spacial score (nSPS) is 11.1. The molecule has 2 rings (SSSR count). The summed E-state index contributed by atoms with van der Waals surface area (Å²) >= 11 is 0. The number of pyridine rings is 1. The van der Waals surface area contributed by atoms with E-state index in [1.807, 2.05) is 0 Å². The molecule has 0 amide bonds. The number of carbonyl (C=O) groups is 1. The van der Waals surface area contributed by atoms with E-state index in [4.69, 9.17) is 0 Å². The molecule has 19 heavy (non-hydrogen) atoms. The van der Waals surface area contributed by atoms with Crippen molar-refractivity contribution in [3.63, 3.8) is 0 Å². The van der Waals surface area contributed by atoms with Gasteiger partial charge in [-0.25, -0.2) is 0 Å². The number of hydrogen-bond acceptors (Lipinski definition) is 4. The van der Waals surface area contributed by atoms with E-state index in [0.717, 1.165) is 0 Å². The van der Waals surface area contributed by atoms with Gasteiger partial charge >= 0.3 is 0 Å². The summed E-state index contributed by atoms with van der Waals surface area (Å²) in [6.45, 7) is 1.77. The van der Waals surface area contributed by atoms with Gasteiger partial charge in [-0.3, -0.25) is 9.78 Å². The molecule has 0 radical (unpaired) electrons. The van der Waals surface area contributed by atoms with E-state index in [2.05, 4.69) is 10.3 Å². The number of ketones is 1. The predicted molar refractivity (Wildman–Crippen MR) is 74.1 cm³/mol. The number of nitrogens with one attached hydrogen (secondary N) is 1. The Morgan fingerprint density at radius 1 is 1.21 bits per heavy atom. The lowest BCUT2D eigenvalue weighted by Gasteiger charge is -2.08. The van der Waals surface area contributed by atoms with Crippen LogP contribution < -0.4 is 5.32 Å². The van der Waals surface area contributed by atoms with E-state index < -0.39 is 0 Å². The third-order valence-corrected chi connectivity index (χ3v) is 2.55. The van der Waals surface area contributed by atoms with Crippen LogP contribution in [0, 0.1) is 0 Å². The zero-order chi connectivity index (χ0) is 13.7.